The van der Waals surface area contributed by atoms with E-state index in [0.29, 0.717) is 17.1 Å². The second kappa shape index (κ2) is 8.16. The molecule has 2 amide bonds. The summed E-state index contributed by atoms with van der Waals surface area (Å²) in [5.41, 5.74) is 8.09. The summed E-state index contributed by atoms with van der Waals surface area (Å²) in [5.74, 6) is 0.157. The highest BCUT2D eigenvalue weighted by atomic mass is 16.5. The van der Waals surface area contributed by atoms with Crippen LogP contribution in [-0.4, -0.2) is 25.5 Å². The van der Waals surface area contributed by atoms with Gasteiger partial charge in [0.25, 0.3) is 11.8 Å². The minimum Gasteiger partial charge on any atom is -0.493 e. The van der Waals surface area contributed by atoms with Gasteiger partial charge in [0.2, 0.25) is 0 Å². The number of hydrogen-bond acceptors (Lipinski definition) is 5. The topological polar surface area (TPSA) is 93.9 Å². The van der Waals surface area contributed by atoms with E-state index in [1.165, 1.54) is 7.11 Å². The van der Waals surface area contributed by atoms with Gasteiger partial charge in [0.05, 0.1) is 12.7 Å². The molecule has 4 rings (SSSR count). The molecule has 1 aliphatic heterocycles. The summed E-state index contributed by atoms with van der Waals surface area (Å²) in [6, 6.07) is 22.2. The Kier molecular flexibility index (Phi) is 5.26. The molecule has 30 heavy (non-hydrogen) atoms. The van der Waals surface area contributed by atoms with Crippen molar-refractivity contribution in [2.75, 3.05) is 23.9 Å². The third kappa shape index (κ3) is 3.65. The van der Waals surface area contributed by atoms with E-state index in [2.05, 4.69) is 5.32 Å². The third-order valence-corrected chi connectivity index (χ3v) is 4.83. The maximum atomic E-state index is 13.4. The number of anilines is 2. The predicted molar refractivity (Wildman–Crippen MR) is 114 cm³/mol. The van der Waals surface area contributed by atoms with Crippen molar-refractivity contribution in [3.63, 3.8) is 0 Å². The number of methoxy groups -OCH3 is 1. The van der Waals surface area contributed by atoms with Gasteiger partial charge in [-0.2, -0.15) is 0 Å². The summed E-state index contributed by atoms with van der Waals surface area (Å²) in [4.78, 5) is 26.1. The lowest BCUT2D eigenvalue weighted by Crippen LogP contribution is -2.43. The normalized spacial score (nSPS) is 15.2. The molecule has 3 aromatic carbocycles. The number of hydrogen-bond donors (Lipinski definition) is 2. The number of primary amides is 1. The van der Waals surface area contributed by atoms with Crippen LogP contribution >= 0.6 is 0 Å². The van der Waals surface area contributed by atoms with Gasteiger partial charge >= 0.3 is 0 Å². The Morgan fingerprint density at radius 2 is 1.77 bits per heavy atom. The van der Waals surface area contributed by atoms with Gasteiger partial charge in [0, 0.05) is 11.4 Å². The molecule has 1 heterocycles. The number of carbonyl (C=O) groups excluding carboxylic acids is 2. The van der Waals surface area contributed by atoms with Crippen molar-refractivity contribution in [1.29, 1.82) is 0 Å². The summed E-state index contributed by atoms with van der Waals surface area (Å²) in [6.07, 6.45) is -0.464. The van der Waals surface area contributed by atoms with E-state index in [4.69, 9.17) is 15.2 Å². The molecule has 0 saturated carbocycles. The van der Waals surface area contributed by atoms with Crippen LogP contribution in [-0.2, 0) is 4.79 Å². The van der Waals surface area contributed by atoms with Crippen LogP contribution in [0.15, 0.2) is 72.8 Å². The van der Waals surface area contributed by atoms with Crippen molar-refractivity contribution < 1.29 is 19.1 Å². The van der Waals surface area contributed by atoms with Crippen LogP contribution in [0.2, 0.25) is 0 Å². The lowest BCUT2D eigenvalue weighted by Gasteiger charge is -2.38. The second-order valence-corrected chi connectivity index (χ2v) is 6.77. The summed E-state index contributed by atoms with van der Waals surface area (Å²) < 4.78 is 10.9. The predicted octanol–water partition coefficient (Wildman–Crippen LogP) is 3.33. The first-order chi connectivity index (χ1) is 14.6. The fourth-order valence-electron chi connectivity index (χ4n) is 3.46. The number of para-hydroxylation sites is 2. The number of nitrogens with two attached hydrogens (primary N) is 1. The van der Waals surface area contributed by atoms with E-state index in [1.807, 2.05) is 54.6 Å². The molecule has 0 aromatic heterocycles. The van der Waals surface area contributed by atoms with Gasteiger partial charge in [-0.15, -0.1) is 0 Å². The van der Waals surface area contributed by atoms with E-state index in [-0.39, 0.29) is 12.5 Å². The van der Waals surface area contributed by atoms with Crippen LogP contribution in [0.4, 0.5) is 11.4 Å². The molecule has 0 fully saturated rings. The van der Waals surface area contributed by atoms with Crippen LogP contribution in [0.3, 0.4) is 0 Å². The molecule has 0 spiro atoms. The summed E-state index contributed by atoms with van der Waals surface area (Å²) in [5, 5.41) is 3.45. The van der Waals surface area contributed by atoms with Gasteiger partial charge in [-0.05, 0) is 42.0 Å². The lowest BCUT2D eigenvalue weighted by molar-refractivity contribution is -0.119. The van der Waals surface area contributed by atoms with Gasteiger partial charge < -0.3 is 20.5 Å². The molecule has 1 aliphatic rings. The second-order valence-electron chi connectivity index (χ2n) is 6.77. The fourth-order valence-corrected chi connectivity index (χ4v) is 3.46. The Morgan fingerprint density at radius 3 is 2.50 bits per heavy atom. The molecule has 0 saturated heterocycles. The number of fused-ring (bicyclic) bond motifs is 1. The van der Waals surface area contributed by atoms with Crippen molar-refractivity contribution >= 4 is 23.2 Å². The van der Waals surface area contributed by atoms with Crippen LogP contribution in [0, 0.1) is 0 Å². The van der Waals surface area contributed by atoms with E-state index >= 15 is 0 Å². The Hall–Kier alpha value is -4.00. The number of rotatable bonds is 6. The highest BCUT2D eigenvalue weighted by Crippen LogP contribution is 2.39. The molecule has 1 atom stereocenters. The van der Waals surface area contributed by atoms with Crippen LogP contribution < -0.4 is 25.4 Å². The Bertz CT molecular complexity index is 1080. The molecular formula is C23H21N3O4. The van der Waals surface area contributed by atoms with Crippen LogP contribution in [0.5, 0.6) is 11.5 Å². The number of ether oxygens (including phenoxy) is 2. The van der Waals surface area contributed by atoms with Gasteiger partial charge in [0.15, 0.2) is 18.1 Å². The number of amides is 2. The van der Waals surface area contributed by atoms with Gasteiger partial charge in [-0.1, -0.05) is 36.4 Å². The lowest BCUT2D eigenvalue weighted by atomic mass is 10.0. The van der Waals surface area contributed by atoms with Crippen molar-refractivity contribution in [3.05, 3.63) is 83.9 Å². The Morgan fingerprint density at radius 1 is 1.03 bits per heavy atom. The van der Waals surface area contributed by atoms with Crippen molar-refractivity contribution in [2.45, 2.75) is 6.17 Å². The van der Waals surface area contributed by atoms with Gasteiger partial charge in [-0.3, -0.25) is 14.5 Å². The molecular weight excluding hydrogens is 382 g/mol. The van der Waals surface area contributed by atoms with Crippen LogP contribution in [0.25, 0.3) is 0 Å². The number of nitrogens with one attached hydrogen (secondary N) is 1. The molecule has 0 bridgehead atoms. The monoisotopic (exact) mass is 403 g/mol. The quantitative estimate of drug-likeness (QED) is 0.658. The first-order valence-electron chi connectivity index (χ1n) is 9.41. The highest BCUT2D eigenvalue weighted by Gasteiger charge is 2.34. The molecule has 3 N–H and O–H groups in total. The minimum atomic E-state index is -0.576. The summed E-state index contributed by atoms with van der Waals surface area (Å²) in [7, 11) is 1.51. The van der Waals surface area contributed by atoms with Crippen molar-refractivity contribution in [1.82, 2.24) is 0 Å². The smallest absolute Gasteiger partial charge is 0.262 e. The summed E-state index contributed by atoms with van der Waals surface area (Å²) >= 11 is 0. The van der Waals surface area contributed by atoms with E-state index < -0.39 is 12.1 Å². The van der Waals surface area contributed by atoms with Gasteiger partial charge in [0.1, 0.15) is 6.17 Å². The average Bonchev–Trinajstić information content (AvgIpc) is 2.78. The van der Waals surface area contributed by atoms with E-state index in [9.17, 15) is 9.59 Å². The molecule has 7 heteroatoms. The van der Waals surface area contributed by atoms with E-state index in [1.54, 1.807) is 23.1 Å². The first kappa shape index (κ1) is 19.3. The maximum Gasteiger partial charge on any atom is 0.262 e. The van der Waals surface area contributed by atoms with Gasteiger partial charge in [-0.25, -0.2) is 0 Å². The van der Waals surface area contributed by atoms with Crippen molar-refractivity contribution in [2.24, 2.45) is 5.73 Å². The molecule has 3 aromatic rings. The minimum absolute atomic E-state index is 0.103. The molecule has 0 unspecified atom stereocenters. The molecule has 152 valence electrons. The fraction of sp³-hybridized carbons (Fsp3) is 0.130. The van der Waals surface area contributed by atoms with E-state index in [0.717, 1.165) is 16.9 Å². The zero-order valence-corrected chi connectivity index (χ0v) is 16.4. The largest absolute Gasteiger partial charge is 0.493 e. The Balaban J connectivity index is 1.77. The third-order valence-electron chi connectivity index (χ3n) is 4.83. The molecule has 0 aliphatic carbocycles. The zero-order chi connectivity index (χ0) is 21.1. The SMILES string of the molecule is COc1cc([C@H]2Nc3ccccc3C(=O)N2c2ccccc2)ccc1OCC(N)=O. The standard InChI is InChI=1S/C23H21N3O4/c1-29-20-13-15(11-12-19(20)30-14-21(24)27)22-25-18-10-6-5-9-17(18)23(28)26(22)16-7-3-2-4-8-16/h2-13,22,25H,14H2,1H3,(H2,24,27)/t22-/m0/s1. The molecule has 0 radical (unpaired) electrons. The molecule has 7 nitrogen and oxygen atoms in total. The highest BCUT2D eigenvalue weighted by molar-refractivity contribution is 6.12. The zero-order valence-electron chi connectivity index (χ0n) is 16.4. The number of nitrogens with zero attached hydrogens (tertiary/aromatic N) is 1. The van der Waals surface area contributed by atoms with Crippen molar-refractivity contribution in [3.8, 4) is 11.5 Å². The first-order valence-corrected chi connectivity index (χ1v) is 9.41. The Labute approximate surface area is 174 Å². The van der Waals surface area contributed by atoms with Crippen LogP contribution in [0.1, 0.15) is 22.1 Å². The number of benzene rings is 3. The maximum absolute atomic E-state index is 13.4. The number of carbonyl (C=O) groups is 2. The average molecular weight is 403 g/mol. The summed E-state index contributed by atoms with van der Waals surface area (Å²) in [6.45, 7) is -0.251.